The number of hydrogen-bond acceptors (Lipinski definition) is 5. The third-order valence-electron chi connectivity index (χ3n) is 5.68. The Kier molecular flexibility index (Phi) is 7.43. The monoisotopic (exact) mass is 476 g/mol. The Bertz CT molecular complexity index is 1170. The minimum absolute atomic E-state index is 0.0940. The molecule has 3 aromatic rings. The van der Waals surface area contributed by atoms with Crippen LogP contribution in [0, 0.1) is 0 Å². The summed E-state index contributed by atoms with van der Waals surface area (Å²) in [7, 11) is 3.09. The molecule has 0 saturated carbocycles. The van der Waals surface area contributed by atoms with Gasteiger partial charge in [0, 0.05) is 23.0 Å². The number of carbonyl (C=O) groups is 2. The maximum Gasteiger partial charge on any atom is 0.255 e. The van der Waals surface area contributed by atoms with Crippen LogP contribution in [0.1, 0.15) is 40.2 Å². The molecule has 1 aliphatic heterocycles. The number of rotatable bonds is 8. The van der Waals surface area contributed by atoms with Crippen molar-refractivity contribution in [3.8, 4) is 11.5 Å². The second kappa shape index (κ2) is 10.7. The van der Waals surface area contributed by atoms with Crippen LogP contribution in [-0.2, 0) is 11.2 Å². The van der Waals surface area contributed by atoms with Crippen molar-refractivity contribution in [3.63, 3.8) is 0 Å². The number of hydrogen-bond donors (Lipinski definition) is 1. The average molecular weight is 477 g/mol. The highest BCUT2D eigenvalue weighted by atomic mass is 32.2. The minimum atomic E-state index is -0.269. The van der Waals surface area contributed by atoms with Gasteiger partial charge in [-0.3, -0.25) is 14.5 Å². The summed E-state index contributed by atoms with van der Waals surface area (Å²) in [5, 5.41) is 2.81. The SMILES string of the molecule is CCCc1ccccc1N1C(=O)CSC1c1cccc(NC(=O)c2cc(OC)cc(OC)c2)c1. The van der Waals surface area contributed by atoms with Crippen molar-refractivity contribution in [1.29, 1.82) is 0 Å². The molecule has 1 atom stereocenters. The number of thioether (sulfide) groups is 1. The van der Waals surface area contributed by atoms with Gasteiger partial charge in [0.25, 0.3) is 5.91 Å². The van der Waals surface area contributed by atoms with E-state index < -0.39 is 0 Å². The van der Waals surface area contributed by atoms with Crippen molar-refractivity contribution >= 4 is 35.0 Å². The van der Waals surface area contributed by atoms with Gasteiger partial charge in [0.15, 0.2) is 0 Å². The van der Waals surface area contributed by atoms with Crippen LogP contribution < -0.4 is 19.7 Å². The number of carbonyl (C=O) groups excluding carboxylic acids is 2. The number of para-hydroxylation sites is 1. The van der Waals surface area contributed by atoms with Crippen molar-refractivity contribution < 1.29 is 19.1 Å². The maximum absolute atomic E-state index is 12.9. The smallest absolute Gasteiger partial charge is 0.255 e. The molecule has 0 aliphatic carbocycles. The summed E-state index contributed by atoms with van der Waals surface area (Å²) in [4.78, 5) is 27.7. The summed E-state index contributed by atoms with van der Waals surface area (Å²) < 4.78 is 10.5. The zero-order valence-corrected chi connectivity index (χ0v) is 20.4. The molecule has 1 fully saturated rings. The van der Waals surface area contributed by atoms with E-state index in [1.54, 1.807) is 44.2 Å². The number of nitrogens with one attached hydrogen (secondary N) is 1. The van der Waals surface area contributed by atoms with Crippen LogP contribution in [-0.4, -0.2) is 31.8 Å². The fourth-order valence-electron chi connectivity index (χ4n) is 4.07. The van der Waals surface area contributed by atoms with Gasteiger partial charge < -0.3 is 14.8 Å². The molecule has 176 valence electrons. The zero-order valence-electron chi connectivity index (χ0n) is 19.5. The molecule has 0 spiro atoms. The van der Waals surface area contributed by atoms with Crippen LogP contribution in [0.2, 0.25) is 0 Å². The normalized spacial score (nSPS) is 15.3. The first-order valence-electron chi connectivity index (χ1n) is 11.2. The van der Waals surface area contributed by atoms with Gasteiger partial charge >= 0.3 is 0 Å². The summed E-state index contributed by atoms with van der Waals surface area (Å²) in [5.41, 5.74) is 4.18. The summed E-state index contributed by atoms with van der Waals surface area (Å²) in [6.07, 6.45) is 1.92. The lowest BCUT2D eigenvalue weighted by Crippen LogP contribution is -2.28. The predicted octanol–water partition coefficient (Wildman–Crippen LogP) is 5.69. The number of methoxy groups -OCH3 is 2. The third kappa shape index (κ3) is 5.04. The summed E-state index contributed by atoms with van der Waals surface area (Å²) in [6.45, 7) is 2.14. The number of nitrogens with zero attached hydrogens (tertiary/aromatic N) is 1. The Morgan fingerprint density at radius 2 is 1.76 bits per heavy atom. The topological polar surface area (TPSA) is 67.9 Å². The van der Waals surface area contributed by atoms with Crippen molar-refractivity contribution in [2.24, 2.45) is 0 Å². The molecule has 4 rings (SSSR count). The molecule has 3 aromatic carbocycles. The molecule has 1 unspecified atom stereocenters. The molecule has 0 bridgehead atoms. The van der Waals surface area contributed by atoms with Crippen molar-refractivity contribution in [2.75, 3.05) is 30.2 Å². The molecule has 2 amide bonds. The van der Waals surface area contributed by atoms with E-state index in [0.717, 1.165) is 24.1 Å². The van der Waals surface area contributed by atoms with Crippen molar-refractivity contribution in [3.05, 3.63) is 83.4 Å². The van der Waals surface area contributed by atoms with Crippen LogP contribution in [0.4, 0.5) is 11.4 Å². The van der Waals surface area contributed by atoms with E-state index in [2.05, 4.69) is 18.3 Å². The summed E-state index contributed by atoms with van der Waals surface area (Å²) in [6, 6.07) is 20.8. The van der Waals surface area contributed by atoms with Crippen molar-refractivity contribution in [2.45, 2.75) is 25.1 Å². The lowest BCUT2D eigenvalue weighted by molar-refractivity contribution is -0.115. The van der Waals surface area contributed by atoms with Crippen LogP contribution in [0.25, 0.3) is 0 Å². The molecule has 0 aromatic heterocycles. The Hall–Kier alpha value is -3.45. The van der Waals surface area contributed by atoms with Gasteiger partial charge in [0.2, 0.25) is 5.91 Å². The quantitative estimate of drug-likeness (QED) is 0.453. The first-order chi connectivity index (χ1) is 16.5. The van der Waals surface area contributed by atoms with Gasteiger partial charge in [-0.25, -0.2) is 0 Å². The van der Waals surface area contributed by atoms with Crippen molar-refractivity contribution in [1.82, 2.24) is 0 Å². The number of amides is 2. The highest BCUT2D eigenvalue weighted by molar-refractivity contribution is 8.00. The van der Waals surface area contributed by atoms with E-state index in [4.69, 9.17) is 9.47 Å². The highest BCUT2D eigenvalue weighted by Gasteiger charge is 2.35. The third-order valence-corrected chi connectivity index (χ3v) is 6.89. The number of ether oxygens (including phenoxy) is 2. The van der Waals surface area contributed by atoms with Crippen LogP contribution in [0.5, 0.6) is 11.5 Å². The standard InChI is InChI=1S/C27H28N2O4S/c1-4-8-18-9-5-6-12-24(18)29-25(30)17-34-27(29)19-10-7-11-21(13-19)28-26(31)20-14-22(32-2)16-23(15-20)33-3/h5-7,9-16,27H,4,8,17H2,1-3H3,(H,28,31). The molecule has 7 heteroatoms. The largest absolute Gasteiger partial charge is 0.497 e. The van der Waals surface area contributed by atoms with Gasteiger partial charge in [-0.05, 0) is 47.9 Å². The van der Waals surface area contributed by atoms with E-state index in [1.165, 1.54) is 5.56 Å². The minimum Gasteiger partial charge on any atom is -0.497 e. The molecule has 1 heterocycles. The Morgan fingerprint density at radius 1 is 1.03 bits per heavy atom. The summed E-state index contributed by atoms with van der Waals surface area (Å²) >= 11 is 1.60. The van der Waals surface area contributed by atoms with E-state index in [-0.39, 0.29) is 17.2 Å². The van der Waals surface area contributed by atoms with E-state index >= 15 is 0 Å². The predicted molar refractivity (Wildman–Crippen MR) is 137 cm³/mol. The molecule has 1 aliphatic rings. The Balaban J connectivity index is 1.60. The fourth-order valence-corrected chi connectivity index (χ4v) is 5.23. The molecular formula is C27H28N2O4S. The fraction of sp³-hybridized carbons (Fsp3) is 0.259. The number of anilines is 2. The van der Waals surface area contributed by atoms with E-state index in [0.29, 0.717) is 28.5 Å². The lowest BCUT2D eigenvalue weighted by Gasteiger charge is -2.27. The van der Waals surface area contributed by atoms with Gasteiger partial charge in [-0.15, -0.1) is 11.8 Å². The van der Waals surface area contributed by atoms with E-state index in [9.17, 15) is 9.59 Å². The van der Waals surface area contributed by atoms with E-state index in [1.807, 2.05) is 47.4 Å². The molecule has 34 heavy (non-hydrogen) atoms. The van der Waals surface area contributed by atoms with Crippen LogP contribution in [0.3, 0.4) is 0 Å². The highest BCUT2D eigenvalue weighted by Crippen LogP contribution is 2.43. The maximum atomic E-state index is 12.9. The average Bonchev–Trinajstić information content (AvgIpc) is 3.25. The molecule has 1 saturated heterocycles. The molecule has 6 nitrogen and oxygen atoms in total. The van der Waals surface area contributed by atoms with Gasteiger partial charge in [-0.1, -0.05) is 43.7 Å². The van der Waals surface area contributed by atoms with Crippen LogP contribution >= 0.6 is 11.8 Å². The number of aryl methyl sites for hydroxylation is 1. The molecular weight excluding hydrogens is 448 g/mol. The first kappa shape index (κ1) is 23.7. The van der Waals surface area contributed by atoms with Gasteiger partial charge in [0.05, 0.1) is 20.0 Å². The first-order valence-corrected chi connectivity index (χ1v) is 12.2. The second-order valence-corrected chi connectivity index (χ2v) is 9.06. The van der Waals surface area contributed by atoms with Gasteiger partial charge in [0.1, 0.15) is 16.9 Å². The second-order valence-electron chi connectivity index (χ2n) is 7.99. The zero-order chi connectivity index (χ0) is 24.1. The van der Waals surface area contributed by atoms with Crippen LogP contribution in [0.15, 0.2) is 66.7 Å². The Morgan fingerprint density at radius 3 is 2.47 bits per heavy atom. The number of benzene rings is 3. The molecule has 1 N–H and O–H groups in total. The van der Waals surface area contributed by atoms with Gasteiger partial charge in [-0.2, -0.15) is 0 Å². The Labute approximate surface area is 204 Å². The summed E-state index contributed by atoms with van der Waals surface area (Å²) in [5.74, 6) is 1.33. The molecule has 0 radical (unpaired) electrons. The lowest BCUT2D eigenvalue weighted by atomic mass is 10.1.